The topological polar surface area (TPSA) is 145 Å². The fourth-order valence-electron chi connectivity index (χ4n) is 3.66. The smallest absolute Gasteiger partial charge is 0.350 e. The third-order valence-electron chi connectivity index (χ3n) is 5.35. The highest BCUT2D eigenvalue weighted by atomic mass is 19.1. The van der Waals surface area contributed by atoms with Gasteiger partial charge < -0.3 is 15.2 Å². The van der Waals surface area contributed by atoms with E-state index in [1.54, 1.807) is 12.1 Å². The van der Waals surface area contributed by atoms with Gasteiger partial charge in [-0.2, -0.15) is 0 Å². The van der Waals surface area contributed by atoms with Crippen molar-refractivity contribution in [3.05, 3.63) is 93.4 Å². The number of rotatable bonds is 8. The first-order chi connectivity index (χ1) is 16.8. The molecule has 2 heterocycles. The van der Waals surface area contributed by atoms with E-state index in [1.807, 2.05) is 0 Å². The van der Waals surface area contributed by atoms with Crippen LogP contribution in [-0.2, 0) is 6.42 Å². The summed E-state index contributed by atoms with van der Waals surface area (Å²) in [6.45, 7) is 0. The molecule has 0 radical (unpaired) electrons. The molecule has 0 aliphatic rings. The lowest BCUT2D eigenvalue weighted by Crippen LogP contribution is -2.18. The number of halogens is 2. The summed E-state index contributed by atoms with van der Waals surface area (Å²) in [5.74, 6) is -2.04. The molecule has 0 saturated heterocycles. The van der Waals surface area contributed by atoms with Crippen molar-refractivity contribution in [3.8, 4) is 17.4 Å². The van der Waals surface area contributed by atoms with Gasteiger partial charge in [0.2, 0.25) is 0 Å². The van der Waals surface area contributed by atoms with Crippen molar-refractivity contribution in [1.29, 1.82) is 5.41 Å². The molecular formula is C23H21F2N7O3. The van der Waals surface area contributed by atoms with E-state index >= 15 is 4.39 Å². The van der Waals surface area contributed by atoms with E-state index in [-0.39, 0.29) is 40.8 Å². The monoisotopic (exact) mass is 481 g/mol. The second-order valence-electron chi connectivity index (χ2n) is 7.49. The Labute approximate surface area is 197 Å². The molecule has 4 rings (SSSR count). The Hall–Kier alpha value is -4.61. The number of nitrogens with one attached hydrogen (secondary N) is 2. The normalized spacial score (nSPS) is 11.8. The van der Waals surface area contributed by atoms with Gasteiger partial charge in [-0.05, 0) is 36.2 Å². The Morgan fingerprint density at radius 3 is 2.43 bits per heavy atom. The quantitative estimate of drug-likeness (QED) is 0.259. The minimum absolute atomic E-state index is 0.0309. The van der Waals surface area contributed by atoms with E-state index in [9.17, 15) is 9.18 Å². The van der Waals surface area contributed by atoms with Gasteiger partial charge in [0, 0.05) is 24.0 Å². The lowest BCUT2D eigenvalue weighted by molar-refractivity contribution is 0.351. The van der Waals surface area contributed by atoms with Crippen molar-refractivity contribution >= 4 is 5.84 Å². The number of nitrogen functional groups attached to an aromatic ring is 1. The maximum Gasteiger partial charge on any atom is 0.350 e. The first kappa shape index (κ1) is 23.5. The average molecular weight is 481 g/mol. The van der Waals surface area contributed by atoms with E-state index in [4.69, 9.17) is 20.6 Å². The zero-order valence-corrected chi connectivity index (χ0v) is 18.8. The van der Waals surface area contributed by atoms with Gasteiger partial charge in [0.1, 0.15) is 23.3 Å². The van der Waals surface area contributed by atoms with Crippen LogP contribution in [0.2, 0.25) is 0 Å². The predicted molar refractivity (Wildman–Crippen MR) is 122 cm³/mol. The Kier molecular flexibility index (Phi) is 6.53. The zero-order chi connectivity index (χ0) is 25.1. The van der Waals surface area contributed by atoms with Crippen molar-refractivity contribution in [2.45, 2.75) is 12.3 Å². The van der Waals surface area contributed by atoms with Gasteiger partial charge in [0.25, 0.3) is 5.95 Å². The molecule has 0 bridgehead atoms. The fourth-order valence-corrected chi connectivity index (χ4v) is 3.66. The molecule has 10 nitrogen and oxygen atoms in total. The molecule has 2 aromatic carbocycles. The number of nitrogens with zero attached hydrogens (tertiary/aromatic N) is 4. The van der Waals surface area contributed by atoms with E-state index < -0.39 is 29.1 Å². The number of benzene rings is 2. The average Bonchev–Trinajstić information content (AvgIpc) is 3.24. The van der Waals surface area contributed by atoms with Crippen LogP contribution in [0.3, 0.4) is 0 Å². The number of aromatic nitrogens is 5. The van der Waals surface area contributed by atoms with Gasteiger partial charge in [-0.3, -0.25) is 10.4 Å². The summed E-state index contributed by atoms with van der Waals surface area (Å²) < 4.78 is 41.2. The Morgan fingerprint density at radius 2 is 1.80 bits per heavy atom. The van der Waals surface area contributed by atoms with Crippen LogP contribution < -0.4 is 20.9 Å². The van der Waals surface area contributed by atoms with Crippen molar-refractivity contribution in [1.82, 2.24) is 24.7 Å². The highest BCUT2D eigenvalue weighted by molar-refractivity contribution is 5.95. The Morgan fingerprint density at radius 1 is 1.11 bits per heavy atom. The minimum atomic E-state index is -0.866. The summed E-state index contributed by atoms with van der Waals surface area (Å²) in [5, 5.41) is 11.8. The Balaban J connectivity index is 1.85. The van der Waals surface area contributed by atoms with Crippen molar-refractivity contribution < 1.29 is 18.3 Å². The second-order valence-corrected chi connectivity index (χ2v) is 7.49. The van der Waals surface area contributed by atoms with Gasteiger partial charge in [0.15, 0.2) is 11.5 Å². The van der Waals surface area contributed by atoms with Gasteiger partial charge in [0.05, 0.1) is 25.7 Å². The third-order valence-corrected chi connectivity index (χ3v) is 5.35. The van der Waals surface area contributed by atoms with E-state index in [1.165, 1.54) is 44.8 Å². The molecule has 0 aliphatic heterocycles. The number of amidine groups is 1. The second kappa shape index (κ2) is 9.71. The van der Waals surface area contributed by atoms with Crippen LogP contribution in [0.15, 0.2) is 53.6 Å². The molecule has 1 atom stereocenters. The molecule has 1 unspecified atom stereocenters. The van der Waals surface area contributed by atoms with Gasteiger partial charge in [-0.15, -0.1) is 9.78 Å². The molecule has 4 aromatic rings. The summed E-state index contributed by atoms with van der Waals surface area (Å²) in [4.78, 5) is 23.3. The SMILES string of the molecule is COc1cc(F)c(C(Cc2ccc(C(=N)N)c(F)c2)c2nn(-c3ncccn3)c(=O)[nH]2)cc1OC. The molecule has 12 heteroatoms. The number of hydrogen-bond donors (Lipinski definition) is 3. The highest BCUT2D eigenvalue weighted by Gasteiger charge is 2.26. The molecule has 35 heavy (non-hydrogen) atoms. The number of hydrogen-bond acceptors (Lipinski definition) is 7. The molecule has 0 aliphatic carbocycles. The predicted octanol–water partition coefficient (Wildman–Crippen LogP) is 2.30. The van der Waals surface area contributed by atoms with Crippen molar-refractivity contribution in [3.63, 3.8) is 0 Å². The molecule has 0 amide bonds. The summed E-state index contributed by atoms with van der Waals surface area (Å²) in [5.41, 5.74) is 5.31. The highest BCUT2D eigenvalue weighted by Crippen LogP contribution is 2.36. The van der Waals surface area contributed by atoms with Crippen LogP contribution in [0.4, 0.5) is 8.78 Å². The van der Waals surface area contributed by atoms with E-state index in [2.05, 4.69) is 20.1 Å². The molecule has 0 spiro atoms. The number of aromatic amines is 1. The molecule has 180 valence electrons. The maximum atomic E-state index is 15.3. The molecule has 4 N–H and O–H groups in total. The number of nitrogens with two attached hydrogens (primary N) is 1. The van der Waals surface area contributed by atoms with Crippen LogP contribution in [0.25, 0.3) is 5.95 Å². The van der Waals surface area contributed by atoms with Gasteiger partial charge in [-0.1, -0.05) is 6.07 Å². The van der Waals surface area contributed by atoms with Crippen LogP contribution in [0.5, 0.6) is 11.5 Å². The third kappa shape index (κ3) is 4.71. The largest absolute Gasteiger partial charge is 0.493 e. The minimum Gasteiger partial charge on any atom is -0.493 e. The summed E-state index contributed by atoms with van der Waals surface area (Å²) in [6, 6.07) is 8.33. The van der Waals surface area contributed by atoms with Crippen molar-refractivity contribution in [2.24, 2.45) is 5.73 Å². The van der Waals surface area contributed by atoms with Gasteiger partial charge in [-0.25, -0.2) is 23.5 Å². The van der Waals surface area contributed by atoms with Crippen LogP contribution >= 0.6 is 0 Å². The molecule has 2 aromatic heterocycles. The molecular weight excluding hydrogens is 460 g/mol. The Bertz CT molecular complexity index is 1440. The first-order valence-electron chi connectivity index (χ1n) is 10.3. The number of ether oxygens (including phenoxy) is 2. The zero-order valence-electron chi connectivity index (χ0n) is 18.8. The van der Waals surface area contributed by atoms with E-state index in [0.29, 0.717) is 5.56 Å². The first-order valence-corrected chi connectivity index (χ1v) is 10.3. The van der Waals surface area contributed by atoms with Crippen LogP contribution in [0, 0.1) is 17.0 Å². The lowest BCUT2D eigenvalue weighted by Gasteiger charge is -2.18. The van der Waals surface area contributed by atoms with Crippen LogP contribution in [0.1, 0.15) is 28.4 Å². The molecule has 0 fully saturated rings. The number of H-pyrrole nitrogens is 1. The number of methoxy groups -OCH3 is 2. The summed E-state index contributed by atoms with van der Waals surface area (Å²) in [6.07, 6.45) is 2.95. The lowest BCUT2D eigenvalue weighted by atomic mass is 9.90. The van der Waals surface area contributed by atoms with Gasteiger partial charge >= 0.3 is 5.69 Å². The van der Waals surface area contributed by atoms with Crippen molar-refractivity contribution in [2.75, 3.05) is 14.2 Å². The van der Waals surface area contributed by atoms with E-state index in [0.717, 1.165) is 10.7 Å². The maximum absolute atomic E-state index is 15.3. The summed E-state index contributed by atoms with van der Waals surface area (Å²) >= 11 is 0. The molecule has 0 saturated carbocycles. The van der Waals surface area contributed by atoms with Crippen LogP contribution in [-0.4, -0.2) is 44.8 Å². The summed E-state index contributed by atoms with van der Waals surface area (Å²) in [7, 11) is 2.79. The standard InChI is InChI=1S/C23H21F2N7O3/c1-34-18-10-14(17(25)11-19(18)35-2)15(8-12-4-5-13(20(26)27)16(24)9-12)21-30-23(33)32(31-21)22-28-6-3-7-29-22/h3-7,9-11,15H,8H2,1-2H3,(H3,26,27)(H,30,31,33). The fraction of sp³-hybridized carbons (Fsp3) is 0.174.